The predicted octanol–water partition coefficient (Wildman–Crippen LogP) is 1.61. The van der Waals surface area contributed by atoms with Gasteiger partial charge in [-0.25, -0.2) is 8.42 Å². The Labute approximate surface area is 94.3 Å². The Hall–Kier alpha value is 0.390. The maximum absolute atomic E-state index is 11.9. The highest BCUT2D eigenvalue weighted by Gasteiger charge is 2.28. The van der Waals surface area contributed by atoms with E-state index in [0.717, 1.165) is 5.33 Å². The van der Waals surface area contributed by atoms with Crippen molar-refractivity contribution in [3.8, 4) is 0 Å². The summed E-state index contributed by atoms with van der Waals surface area (Å²) in [6, 6.07) is 0. The molecule has 0 saturated carbocycles. The van der Waals surface area contributed by atoms with E-state index in [1.54, 1.807) is 0 Å². The topological polar surface area (TPSA) is 43.4 Å². The molecular formula is C9H17BrO3S. The van der Waals surface area contributed by atoms with E-state index in [2.05, 4.69) is 15.9 Å². The van der Waals surface area contributed by atoms with Crippen LogP contribution in [-0.4, -0.2) is 38.0 Å². The number of ether oxygens (including phenoxy) is 1. The first-order valence-electron chi connectivity index (χ1n) is 4.91. The van der Waals surface area contributed by atoms with Gasteiger partial charge in [0.25, 0.3) is 0 Å². The van der Waals surface area contributed by atoms with Crippen LogP contribution in [0.1, 0.15) is 19.8 Å². The first-order chi connectivity index (χ1) is 6.56. The summed E-state index contributed by atoms with van der Waals surface area (Å²) >= 11 is 3.30. The SMILES string of the molecule is CC(CBr)CS(=O)(=O)C1CCOCC1. The van der Waals surface area contributed by atoms with Gasteiger partial charge in [-0.15, -0.1) is 0 Å². The molecule has 0 aromatic rings. The zero-order valence-electron chi connectivity index (χ0n) is 8.41. The lowest BCUT2D eigenvalue weighted by molar-refractivity contribution is 0.0983. The maximum atomic E-state index is 11.9. The monoisotopic (exact) mass is 284 g/mol. The summed E-state index contributed by atoms with van der Waals surface area (Å²) in [4.78, 5) is 0. The molecule has 0 radical (unpaired) electrons. The van der Waals surface area contributed by atoms with Crippen LogP contribution in [0.4, 0.5) is 0 Å². The van der Waals surface area contributed by atoms with Gasteiger partial charge >= 0.3 is 0 Å². The van der Waals surface area contributed by atoms with Crippen molar-refractivity contribution in [2.24, 2.45) is 5.92 Å². The van der Waals surface area contributed by atoms with Gasteiger partial charge in [-0.05, 0) is 18.8 Å². The van der Waals surface area contributed by atoms with Crippen molar-refractivity contribution < 1.29 is 13.2 Å². The zero-order valence-corrected chi connectivity index (χ0v) is 10.8. The molecule has 0 aliphatic carbocycles. The minimum atomic E-state index is -2.90. The highest BCUT2D eigenvalue weighted by molar-refractivity contribution is 9.09. The van der Waals surface area contributed by atoms with Crippen LogP contribution < -0.4 is 0 Å². The van der Waals surface area contributed by atoms with Gasteiger partial charge in [0.1, 0.15) is 0 Å². The molecule has 14 heavy (non-hydrogen) atoms. The Bertz CT molecular complexity index is 257. The van der Waals surface area contributed by atoms with Gasteiger partial charge in [0.2, 0.25) is 0 Å². The van der Waals surface area contributed by atoms with E-state index in [0.29, 0.717) is 31.8 Å². The number of alkyl halides is 1. The Morgan fingerprint density at radius 1 is 1.43 bits per heavy atom. The molecule has 84 valence electrons. The van der Waals surface area contributed by atoms with Gasteiger partial charge < -0.3 is 4.74 Å². The summed E-state index contributed by atoms with van der Waals surface area (Å²) in [7, 11) is -2.90. The van der Waals surface area contributed by atoms with Crippen molar-refractivity contribution in [1.29, 1.82) is 0 Å². The molecule has 1 fully saturated rings. The van der Waals surface area contributed by atoms with Crippen LogP contribution in [0.25, 0.3) is 0 Å². The molecule has 1 aliphatic rings. The highest BCUT2D eigenvalue weighted by Crippen LogP contribution is 2.19. The molecule has 0 spiro atoms. The van der Waals surface area contributed by atoms with E-state index in [-0.39, 0.29) is 11.2 Å². The smallest absolute Gasteiger partial charge is 0.153 e. The lowest BCUT2D eigenvalue weighted by Crippen LogP contribution is -2.32. The predicted molar refractivity (Wildman–Crippen MR) is 60.6 cm³/mol. The van der Waals surface area contributed by atoms with Crippen LogP contribution in [0.5, 0.6) is 0 Å². The second kappa shape index (κ2) is 5.47. The number of halogens is 1. The second-order valence-corrected chi connectivity index (χ2v) is 6.87. The van der Waals surface area contributed by atoms with Crippen molar-refractivity contribution in [2.45, 2.75) is 25.0 Å². The third kappa shape index (κ3) is 3.51. The first kappa shape index (κ1) is 12.5. The van der Waals surface area contributed by atoms with E-state index in [1.165, 1.54) is 0 Å². The lowest BCUT2D eigenvalue weighted by atomic mass is 10.2. The van der Waals surface area contributed by atoms with Crippen molar-refractivity contribution >= 4 is 25.8 Å². The summed E-state index contributed by atoms with van der Waals surface area (Å²) < 4.78 is 28.9. The third-order valence-electron chi connectivity index (χ3n) is 2.46. The van der Waals surface area contributed by atoms with E-state index in [9.17, 15) is 8.42 Å². The average molecular weight is 285 g/mol. The fourth-order valence-electron chi connectivity index (χ4n) is 1.61. The van der Waals surface area contributed by atoms with Crippen LogP contribution in [0, 0.1) is 5.92 Å². The average Bonchev–Trinajstić information content (AvgIpc) is 2.18. The highest BCUT2D eigenvalue weighted by atomic mass is 79.9. The molecule has 1 aliphatic heterocycles. The molecule has 1 rings (SSSR count). The Morgan fingerprint density at radius 2 is 2.00 bits per heavy atom. The van der Waals surface area contributed by atoms with Crippen LogP contribution in [0.3, 0.4) is 0 Å². The van der Waals surface area contributed by atoms with Crippen LogP contribution >= 0.6 is 15.9 Å². The van der Waals surface area contributed by atoms with E-state index >= 15 is 0 Å². The normalized spacial score (nSPS) is 22.1. The number of sulfone groups is 1. The Kier molecular flexibility index (Phi) is 4.87. The maximum Gasteiger partial charge on any atom is 0.153 e. The van der Waals surface area contributed by atoms with Crippen molar-refractivity contribution in [3.05, 3.63) is 0 Å². The second-order valence-electron chi connectivity index (χ2n) is 3.90. The summed E-state index contributed by atoms with van der Waals surface area (Å²) in [5.74, 6) is 0.492. The van der Waals surface area contributed by atoms with Gasteiger partial charge in [0.05, 0.1) is 11.0 Å². The van der Waals surface area contributed by atoms with Gasteiger partial charge in [-0.3, -0.25) is 0 Å². The molecule has 0 aromatic carbocycles. The molecule has 0 amide bonds. The molecule has 1 heterocycles. The van der Waals surface area contributed by atoms with E-state index in [4.69, 9.17) is 4.74 Å². The number of rotatable bonds is 4. The van der Waals surface area contributed by atoms with Crippen LogP contribution in [-0.2, 0) is 14.6 Å². The third-order valence-corrected chi connectivity index (χ3v) is 6.08. The summed E-state index contributed by atoms with van der Waals surface area (Å²) in [5, 5.41) is 0.577. The van der Waals surface area contributed by atoms with Gasteiger partial charge in [0.15, 0.2) is 9.84 Å². The minimum absolute atomic E-state index is 0.169. The summed E-state index contributed by atoms with van der Waals surface area (Å²) in [5.41, 5.74) is 0. The molecule has 1 atom stereocenters. The van der Waals surface area contributed by atoms with Crippen molar-refractivity contribution in [3.63, 3.8) is 0 Å². The quantitative estimate of drug-likeness (QED) is 0.737. The molecule has 0 aromatic heterocycles. The molecule has 1 unspecified atom stereocenters. The Morgan fingerprint density at radius 3 is 2.50 bits per heavy atom. The molecule has 0 N–H and O–H groups in total. The lowest BCUT2D eigenvalue weighted by Gasteiger charge is -2.23. The first-order valence-corrected chi connectivity index (χ1v) is 7.75. The molecule has 3 nitrogen and oxygen atoms in total. The number of hydrogen-bond donors (Lipinski definition) is 0. The van der Waals surface area contributed by atoms with Crippen molar-refractivity contribution in [2.75, 3.05) is 24.3 Å². The Balaban J connectivity index is 2.54. The molecular weight excluding hydrogens is 268 g/mol. The fourth-order valence-corrected chi connectivity index (χ4v) is 4.24. The summed E-state index contributed by atoms with van der Waals surface area (Å²) in [6.45, 7) is 3.13. The van der Waals surface area contributed by atoms with Crippen molar-refractivity contribution in [1.82, 2.24) is 0 Å². The van der Waals surface area contributed by atoms with Gasteiger partial charge in [-0.1, -0.05) is 22.9 Å². The van der Waals surface area contributed by atoms with E-state index < -0.39 is 9.84 Å². The van der Waals surface area contributed by atoms with E-state index in [1.807, 2.05) is 6.92 Å². The minimum Gasteiger partial charge on any atom is -0.381 e. The standard InChI is InChI=1S/C9H17BrO3S/c1-8(6-10)7-14(11,12)9-2-4-13-5-3-9/h8-9H,2-7H2,1H3. The van der Waals surface area contributed by atoms with Gasteiger partial charge in [-0.2, -0.15) is 0 Å². The number of hydrogen-bond acceptors (Lipinski definition) is 3. The summed E-state index contributed by atoms with van der Waals surface area (Å²) in [6.07, 6.45) is 1.33. The van der Waals surface area contributed by atoms with Crippen LogP contribution in [0.15, 0.2) is 0 Å². The van der Waals surface area contributed by atoms with Gasteiger partial charge in [0, 0.05) is 18.5 Å². The van der Waals surface area contributed by atoms with Crippen LogP contribution in [0.2, 0.25) is 0 Å². The largest absolute Gasteiger partial charge is 0.381 e. The molecule has 0 bridgehead atoms. The molecule has 1 saturated heterocycles. The molecule has 5 heteroatoms. The zero-order chi connectivity index (χ0) is 10.6. The fraction of sp³-hybridized carbons (Fsp3) is 1.00.